The molecule has 3 aromatic heterocycles. The number of halogens is 1. The number of pyridine rings is 1. The van der Waals surface area contributed by atoms with Gasteiger partial charge in [-0.3, -0.25) is 4.79 Å². The molecule has 13 nitrogen and oxygen atoms in total. The molecule has 6 rings (SSSR count). The van der Waals surface area contributed by atoms with Gasteiger partial charge in [0.25, 0.3) is 5.91 Å². The van der Waals surface area contributed by atoms with E-state index < -0.39 is 11.7 Å². The van der Waals surface area contributed by atoms with E-state index in [1.54, 1.807) is 19.2 Å². The smallest absolute Gasteiger partial charge is 0.407 e. The van der Waals surface area contributed by atoms with Gasteiger partial charge < -0.3 is 39.3 Å². The van der Waals surface area contributed by atoms with E-state index in [4.69, 9.17) is 40.8 Å². The number of aryl methyl sites for hydroxylation is 1. The highest BCUT2D eigenvalue weighted by molar-refractivity contribution is 7.99. The molecule has 5 heterocycles. The van der Waals surface area contributed by atoms with Crippen LogP contribution in [0.1, 0.15) is 51.9 Å². The molecule has 2 saturated heterocycles. The fourth-order valence-electron chi connectivity index (χ4n) is 6.55. The lowest BCUT2D eigenvalue weighted by molar-refractivity contribution is -0.122. The Morgan fingerprint density at radius 3 is 2.53 bits per heavy atom. The number of aromatic nitrogens is 4. The third-order valence-electron chi connectivity index (χ3n) is 9.26. The Hall–Kier alpha value is -4.11. The molecule has 0 radical (unpaired) electrons. The number of hydrogen-bond donors (Lipinski definition) is 3. The standard InChI is InChI=1S/C36H44ClN7O6S/c1-21-33(51-27-11-14-44-17-25(40-32(44)29(27)37)23-7-9-24(10-8-23)48-19-28(46)38-6)41-26(18-45)31(39-21)43-15-12-36(13-16-43)20-49-22(2)30(36)42-34(47)50-35(3,4)5/h7-11,14,17,22,30,45H,12-13,15-16,18-20H2,1-6H3,(H,38,46)(H,42,47)/t22-,30+/m0/s1. The quantitative estimate of drug-likeness (QED) is 0.202. The first-order valence-corrected chi connectivity index (χ1v) is 18.1. The van der Waals surface area contributed by atoms with Gasteiger partial charge in [-0.2, -0.15) is 0 Å². The van der Waals surface area contributed by atoms with Gasteiger partial charge in [-0.25, -0.2) is 19.7 Å². The van der Waals surface area contributed by atoms with Gasteiger partial charge in [-0.05, 0) is 77.8 Å². The molecule has 2 aliphatic heterocycles. The lowest BCUT2D eigenvalue weighted by Gasteiger charge is -2.43. The van der Waals surface area contributed by atoms with Crippen LogP contribution in [0.4, 0.5) is 10.6 Å². The van der Waals surface area contributed by atoms with Gasteiger partial charge in [0, 0.05) is 48.4 Å². The second-order valence-corrected chi connectivity index (χ2v) is 15.4. The lowest BCUT2D eigenvalue weighted by atomic mass is 9.73. The van der Waals surface area contributed by atoms with Gasteiger partial charge >= 0.3 is 6.09 Å². The monoisotopic (exact) mass is 737 g/mol. The molecule has 0 aliphatic carbocycles. The van der Waals surface area contributed by atoms with Crippen molar-refractivity contribution in [1.82, 2.24) is 30.0 Å². The molecule has 1 spiro atoms. The molecular weight excluding hydrogens is 694 g/mol. The summed E-state index contributed by atoms with van der Waals surface area (Å²) in [4.78, 5) is 41.7. The van der Waals surface area contributed by atoms with Crippen LogP contribution in [-0.4, -0.2) is 87.6 Å². The predicted molar refractivity (Wildman–Crippen MR) is 194 cm³/mol. The molecule has 1 aromatic carbocycles. The molecule has 0 bridgehead atoms. The third-order valence-corrected chi connectivity index (χ3v) is 10.9. The fourth-order valence-corrected chi connectivity index (χ4v) is 7.74. The number of anilines is 1. The van der Waals surface area contributed by atoms with E-state index in [1.165, 1.54) is 11.8 Å². The van der Waals surface area contributed by atoms with Crippen molar-refractivity contribution in [3.05, 3.63) is 59.1 Å². The number of aliphatic hydroxyl groups is 1. The zero-order valence-corrected chi connectivity index (χ0v) is 31.2. The van der Waals surface area contributed by atoms with Crippen LogP contribution in [0.15, 0.2) is 52.6 Å². The Kier molecular flexibility index (Phi) is 10.7. The van der Waals surface area contributed by atoms with Crippen molar-refractivity contribution in [1.29, 1.82) is 0 Å². The molecule has 51 heavy (non-hydrogen) atoms. The van der Waals surface area contributed by atoms with Crippen LogP contribution in [-0.2, 0) is 20.9 Å². The number of rotatable bonds is 9. The third kappa shape index (κ3) is 8.03. The summed E-state index contributed by atoms with van der Waals surface area (Å²) in [7, 11) is 1.56. The highest BCUT2D eigenvalue weighted by Gasteiger charge is 2.50. The van der Waals surface area contributed by atoms with Gasteiger partial charge in [0.15, 0.2) is 18.1 Å². The minimum absolute atomic E-state index is 0.0578. The summed E-state index contributed by atoms with van der Waals surface area (Å²) in [6.07, 6.45) is 4.77. The second kappa shape index (κ2) is 14.9. The maximum atomic E-state index is 12.7. The molecular formula is C36H44ClN7O6S. The summed E-state index contributed by atoms with van der Waals surface area (Å²) in [5.41, 5.74) is 2.58. The van der Waals surface area contributed by atoms with Crippen molar-refractivity contribution in [2.75, 3.05) is 38.3 Å². The number of amides is 2. The average Bonchev–Trinajstić information content (AvgIpc) is 3.67. The van der Waals surface area contributed by atoms with Crippen molar-refractivity contribution in [2.45, 2.75) is 81.7 Å². The zero-order chi connectivity index (χ0) is 36.5. The largest absolute Gasteiger partial charge is 0.484 e. The number of nitrogens with zero attached hydrogens (tertiary/aromatic N) is 5. The molecule has 0 unspecified atom stereocenters. The van der Waals surface area contributed by atoms with Crippen molar-refractivity contribution >= 4 is 46.8 Å². The van der Waals surface area contributed by atoms with Crippen molar-refractivity contribution < 1.29 is 28.9 Å². The van der Waals surface area contributed by atoms with E-state index in [9.17, 15) is 14.7 Å². The fraction of sp³-hybridized carbons (Fsp3) is 0.472. The van der Waals surface area contributed by atoms with E-state index in [-0.39, 0.29) is 36.7 Å². The first-order valence-electron chi connectivity index (χ1n) is 16.9. The summed E-state index contributed by atoms with van der Waals surface area (Å²) < 4.78 is 19.0. The molecule has 4 aromatic rings. The number of piperidine rings is 1. The molecule has 2 fully saturated rings. The molecule has 3 N–H and O–H groups in total. The van der Waals surface area contributed by atoms with Crippen LogP contribution >= 0.6 is 23.4 Å². The predicted octanol–water partition coefficient (Wildman–Crippen LogP) is 5.42. The summed E-state index contributed by atoms with van der Waals surface area (Å²) in [5, 5.41) is 17.1. The second-order valence-electron chi connectivity index (χ2n) is 14.0. The molecule has 2 amide bonds. The highest BCUT2D eigenvalue weighted by Crippen LogP contribution is 2.44. The van der Waals surface area contributed by atoms with E-state index in [1.807, 2.05) is 69.6 Å². The number of nitrogens with one attached hydrogen (secondary N) is 2. The first-order chi connectivity index (χ1) is 24.3. The molecule has 0 saturated carbocycles. The molecule has 15 heteroatoms. The number of carbonyl (C=O) groups is 2. The minimum atomic E-state index is -0.590. The number of carbonyl (C=O) groups excluding carboxylic acids is 2. The maximum absolute atomic E-state index is 12.7. The van der Waals surface area contributed by atoms with Gasteiger partial charge in [0.2, 0.25) is 0 Å². The van der Waals surface area contributed by atoms with E-state index in [2.05, 4.69) is 15.5 Å². The van der Waals surface area contributed by atoms with Crippen LogP contribution in [0, 0.1) is 12.3 Å². The van der Waals surface area contributed by atoms with E-state index >= 15 is 0 Å². The Labute approximate surface area is 306 Å². The van der Waals surface area contributed by atoms with Crippen LogP contribution in [0.5, 0.6) is 5.75 Å². The Morgan fingerprint density at radius 2 is 1.86 bits per heavy atom. The minimum Gasteiger partial charge on any atom is -0.484 e. The van der Waals surface area contributed by atoms with E-state index in [0.717, 1.165) is 29.0 Å². The number of likely N-dealkylation sites (N-methyl/N-ethyl adjacent to an activating group) is 1. The lowest BCUT2D eigenvalue weighted by Crippen LogP contribution is -2.55. The van der Waals surface area contributed by atoms with Crippen molar-refractivity contribution in [3.63, 3.8) is 0 Å². The van der Waals surface area contributed by atoms with Gasteiger partial charge in [0.1, 0.15) is 22.1 Å². The summed E-state index contributed by atoms with van der Waals surface area (Å²) in [6.45, 7) is 11.0. The summed E-state index contributed by atoms with van der Waals surface area (Å²) >= 11 is 8.29. The SMILES string of the molecule is CNC(=O)COc1ccc(-c2cn3ccc(Sc4nc(CO)c(N5CCC6(CC5)CO[C@@H](C)[C@H]6NC(=O)OC(C)(C)C)nc4C)c(Cl)c3n2)cc1. The summed E-state index contributed by atoms with van der Waals surface area (Å²) in [5.74, 6) is 1.03. The number of aliphatic hydroxyl groups excluding tert-OH is 1. The van der Waals surface area contributed by atoms with Gasteiger partial charge in [0.05, 0.1) is 41.8 Å². The number of hydrogen-bond acceptors (Lipinski definition) is 11. The van der Waals surface area contributed by atoms with Crippen molar-refractivity contribution in [2.24, 2.45) is 5.41 Å². The highest BCUT2D eigenvalue weighted by atomic mass is 35.5. The average molecular weight is 738 g/mol. The number of alkyl carbamates (subject to hydrolysis) is 1. The van der Waals surface area contributed by atoms with Crippen LogP contribution in [0.3, 0.4) is 0 Å². The Morgan fingerprint density at radius 1 is 1.14 bits per heavy atom. The molecule has 2 aliphatic rings. The van der Waals surface area contributed by atoms with Crippen LogP contribution in [0.25, 0.3) is 16.9 Å². The van der Waals surface area contributed by atoms with Gasteiger partial charge in [-0.1, -0.05) is 23.4 Å². The number of imidazole rings is 1. The topological polar surface area (TPSA) is 152 Å². The van der Waals surface area contributed by atoms with Crippen LogP contribution in [0.2, 0.25) is 5.02 Å². The normalized spacial score (nSPS) is 18.6. The van der Waals surface area contributed by atoms with Gasteiger partial charge in [-0.15, -0.1) is 0 Å². The van der Waals surface area contributed by atoms with E-state index in [0.29, 0.717) is 58.3 Å². The first kappa shape index (κ1) is 36.7. The van der Waals surface area contributed by atoms with Crippen LogP contribution < -0.4 is 20.3 Å². The Bertz CT molecular complexity index is 1910. The van der Waals surface area contributed by atoms with Crippen molar-refractivity contribution in [3.8, 4) is 17.0 Å². The summed E-state index contributed by atoms with van der Waals surface area (Å²) in [6, 6.07) is 9.08. The number of benzene rings is 1. The molecule has 2 atom stereocenters. The maximum Gasteiger partial charge on any atom is 0.407 e. The zero-order valence-electron chi connectivity index (χ0n) is 29.7. The Balaban J connectivity index is 1.15. The molecule has 272 valence electrons. The number of ether oxygens (including phenoxy) is 3. The number of fused-ring (bicyclic) bond motifs is 1.